The van der Waals surface area contributed by atoms with Crippen LogP contribution in [0.15, 0.2) is 24.4 Å². The fourth-order valence-corrected chi connectivity index (χ4v) is 1.84. The van der Waals surface area contributed by atoms with E-state index < -0.39 is 0 Å². The molecule has 0 saturated heterocycles. The van der Waals surface area contributed by atoms with Gasteiger partial charge in [-0.15, -0.1) is 0 Å². The van der Waals surface area contributed by atoms with Gasteiger partial charge in [-0.25, -0.2) is 0 Å². The second kappa shape index (κ2) is 4.11. The molecule has 2 N–H and O–H groups in total. The van der Waals surface area contributed by atoms with Gasteiger partial charge in [-0.1, -0.05) is 17.7 Å². The summed E-state index contributed by atoms with van der Waals surface area (Å²) in [4.78, 5) is 3.24. The van der Waals surface area contributed by atoms with Crippen LogP contribution in [0.25, 0.3) is 10.9 Å². The van der Waals surface area contributed by atoms with Crippen LogP contribution in [0, 0.1) is 0 Å². The van der Waals surface area contributed by atoms with Crippen LogP contribution >= 0.6 is 11.6 Å². The Morgan fingerprint density at radius 2 is 2.06 bits per heavy atom. The Morgan fingerprint density at radius 1 is 1.31 bits per heavy atom. The first-order chi connectivity index (χ1) is 7.46. The molecule has 0 atom stereocenters. The van der Waals surface area contributed by atoms with E-state index in [4.69, 9.17) is 11.6 Å². The predicted molar refractivity (Wildman–Crippen MR) is 69.9 cm³/mol. The van der Waals surface area contributed by atoms with Crippen LogP contribution in [0.3, 0.4) is 0 Å². The van der Waals surface area contributed by atoms with Crippen molar-refractivity contribution >= 4 is 22.5 Å². The molecule has 0 aliphatic carbocycles. The predicted octanol–water partition coefficient (Wildman–Crippen LogP) is 3.71. The third-order valence-electron chi connectivity index (χ3n) is 2.54. The lowest BCUT2D eigenvalue weighted by atomic mass is 10.1. The van der Waals surface area contributed by atoms with Gasteiger partial charge in [0.2, 0.25) is 0 Å². The molecule has 0 radical (unpaired) electrons. The molecule has 1 aromatic carbocycles. The molecule has 1 aromatic heterocycles. The topological polar surface area (TPSA) is 27.8 Å². The molecule has 0 bridgehead atoms. The van der Waals surface area contributed by atoms with Crippen LogP contribution in [0.4, 0.5) is 0 Å². The molecule has 0 spiro atoms. The Balaban J connectivity index is 2.25. The average molecular weight is 237 g/mol. The smallest absolute Gasteiger partial charge is 0.0472 e. The second-order valence-electron chi connectivity index (χ2n) is 5.11. The molecule has 0 fully saturated rings. The van der Waals surface area contributed by atoms with Crippen LogP contribution in [-0.2, 0) is 6.54 Å². The van der Waals surface area contributed by atoms with Crippen LogP contribution in [-0.4, -0.2) is 10.5 Å². The molecular weight excluding hydrogens is 220 g/mol. The van der Waals surface area contributed by atoms with Gasteiger partial charge in [0.05, 0.1) is 0 Å². The van der Waals surface area contributed by atoms with E-state index in [0.29, 0.717) is 0 Å². The van der Waals surface area contributed by atoms with E-state index in [2.05, 4.69) is 37.1 Å². The van der Waals surface area contributed by atoms with Gasteiger partial charge in [0.15, 0.2) is 0 Å². The first-order valence-corrected chi connectivity index (χ1v) is 5.84. The molecule has 2 rings (SSSR count). The minimum absolute atomic E-state index is 0.135. The van der Waals surface area contributed by atoms with Gasteiger partial charge >= 0.3 is 0 Å². The summed E-state index contributed by atoms with van der Waals surface area (Å²) in [6.45, 7) is 7.36. The Labute approximate surface area is 101 Å². The Bertz CT molecular complexity index is 494. The number of hydrogen-bond donors (Lipinski definition) is 2. The van der Waals surface area contributed by atoms with Gasteiger partial charge in [-0.3, -0.25) is 0 Å². The standard InChI is InChI=1S/C13H17ClN2/c1-13(2,3)16-8-9-7-15-12-6-10(14)4-5-11(9)12/h4-7,15-16H,8H2,1-3H3. The zero-order valence-electron chi connectivity index (χ0n) is 9.89. The zero-order chi connectivity index (χ0) is 11.8. The maximum absolute atomic E-state index is 5.94. The number of benzene rings is 1. The van der Waals surface area contributed by atoms with Crippen LogP contribution < -0.4 is 5.32 Å². The van der Waals surface area contributed by atoms with Gasteiger partial charge in [0.1, 0.15) is 0 Å². The Hall–Kier alpha value is -0.990. The number of fused-ring (bicyclic) bond motifs is 1. The van der Waals surface area contributed by atoms with Crippen LogP contribution in [0.2, 0.25) is 5.02 Å². The zero-order valence-corrected chi connectivity index (χ0v) is 10.7. The van der Waals surface area contributed by atoms with Crippen molar-refractivity contribution in [2.75, 3.05) is 0 Å². The van der Waals surface area contributed by atoms with Crippen molar-refractivity contribution < 1.29 is 0 Å². The highest BCUT2D eigenvalue weighted by atomic mass is 35.5. The molecule has 0 unspecified atom stereocenters. The summed E-state index contributed by atoms with van der Waals surface area (Å²) in [5.41, 5.74) is 2.51. The number of hydrogen-bond acceptors (Lipinski definition) is 1. The number of aromatic amines is 1. The van der Waals surface area contributed by atoms with Crippen LogP contribution in [0.5, 0.6) is 0 Å². The summed E-state index contributed by atoms with van der Waals surface area (Å²) in [6, 6.07) is 5.95. The van der Waals surface area contributed by atoms with Crippen molar-refractivity contribution in [2.24, 2.45) is 0 Å². The van der Waals surface area contributed by atoms with Gasteiger partial charge < -0.3 is 10.3 Å². The van der Waals surface area contributed by atoms with Crippen molar-refractivity contribution in [1.29, 1.82) is 0 Å². The monoisotopic (exact) mass is 236 g/mol. The quantitative estimate of drug-likeness (QED) is 0.818. The largest absolute Gasteiger partial charge is 0.361 e. The highest BCUT2D eigenvalue weighted by molar-refractivity contribution is 6.31. The van der Waals surface area contributed by atoms with Crippen molar-refractivity contribution in [2.45, 2.75) is 32.9 Å². The Morgan fingerprint density at radius 3 is 2.75 bits per heavy atom. The SMILES string of the molecule is CC(C)(C)NCc1c[nH]c2cc(Cl)ccc12. The average Bonchev–Trinajstić information content (AvgIpc) is 2.56. The number of aromatic nitrogens is 1. The summed E-state index contributed by atoms with van der Waals surface area (Å²) >= 11 is 5.94. The summed E-state index contributed by atoms with van der Waals surface area (Å²) in [7, 11) is 0. The number of halogens is 1. The van der Waals surface area contributed by atoms with Crippen molar-refractivity contribution in [3.05, 3.63) is 35.0 Å². The molecule has 16 heavy (non-hydrogen) atoms. The molecule has 2 aromatic rings. The lowest BCUT2D eigenvalue weighted by Gasteiger charge is -2.20. The first-order valence-electron chi connectivity index (χ1n) is 5.46. The molecule has 86 valence electrons. The molecule has 2 nitrogen and oxygen atoms in total. The summed E-state index contributed by atoms with van der Waals surface area (Å²) in [5.74, 6) is 0. The van der Waals surface area contributed by atoms with Gasteiger partial charge in [0.25, 0.3) is 0 Å². The van der Waals surface area contributed by atoms with E-state index in [0.717, 1.165) is 17.1 Å². The first kappa shape index (κ1) is 11.5. The molecule has 1 heterocycles. The van der Waals surface area contributed by atoms with Crippen LogP contribution in [0.1, 0.15) is 26.3 Å². The van der Waals surface area contributed by atoms with Gasteiger partial charge in [-0.2, -0.15) is 0 Å². The Kier molecular flexibility index (Phi) is 2.96. The van der Waals surface area contributed by atoms with Gasteiger partial charge in [-0.05, 0) is 38.5 Å². The third kappa shape index (κ3) is 2.57. The highest BCUT2D eigenvalue weighted by Crippen LogP contribution is 2.22. The number of rotatable bonds is 2. The fourth-order valence-electron chi connectivity index (χ4n) is 1.67. The number of nitrogens with one attached hydrogen (secondary N) is 2. The third-order valence-corrected chi connectivity index (χ3v) is 2.77. The van der Waals surface area contributed by atoms with E-state index >= 15 is 0 Å². The van der Waals surface area contributed by atoms with E-state index in [1.807, 2.05) is 18.3 Å². The van der Waals surface area contributed by atoms with Crippen molar-refractivity contribution in [3.8, 4) is 0 Å². The van der Waals surface area contributed by atoms with E-state index in [1.165, 1.54) is 10.9 Å². The van der Waals surface area contributed by atoms with Crippen molar-refractivity contribution in [3.63, 3.8) is 0 Å². The molecule has 3 heteroatoms. The fraction of sp³-hybridized carbons (Fsp3) is 0.385. The summed E-state index contributed by atoms with van der Waals surface area (Å²) in [5, 5.41) is 5.48. The van der Waals surface area contributed by atoms with E-state index in [-0.39, 0.29) is 5.54 Å². The molecular formula is C13H17ClN2. The summed E-state index contributed by atoms with van der Waals surface area (Å²) < 4.78 is 0. The van der Waals surface area contributed by atoms with Crippen molar-refractivity contribution in [1.82, 2.24) is 10.3 Å². The second-order valence-corrected chi connectivity index (χ2v) is 5.54. The molecule has 0 aliphatic heterocycles. The minimum Gasteiger partial charge on any atom is -0.361 e. The van der Waals surface area contributed by atoms with E-state index in [9.17, 15) is 0 Å². The molecule has 0 saturated carbocycles. The number of H-pyrrole nitrogens is 1. The maximum atomic E-state index is 5.94. The highest BCUT2D eigenvalue weighted by Gasteiger charge is 2.10. The maximum Gasteiger partial charge on any atom is 0.0472 e. The minimum atomic E-state index is 0.135. The molecule has 0 amide bonds. The normalized spacial score (nSPS) is 12.2. The lowest BCUT2D eigenvalue weighted by Crippen LogP contribution is -2.34. The van der Waals surface area contributed by atoms with Gasteiger partial charge in [0, 0.05) is 34.2 Å². The lowest BCUT2D eigenvalue weighted by molar-refractivity contribution is 0.425. The molecule has 0 aliphatic rings. The van der Waals surface area contributed by atoms with E-state index in [1.54, 1.807) is 0 Å². The summed E-state index contributed by atoms with van der Waals surface area (Å²) in [6.07, 6.45) is 2.04.